The zero-order valence-corrected chi connectivity index (χ0v) is 18.1. The van der Waals surface area contributed by atoms with Gasteiger partial charge in [-0.25, -0.2) is 0 Å². The van der Waals surface area contributed by atoms with Gasteiger partial charge in [-0.05, 0) is 60.3 Å². The second kappa shape index (κ2) is 9.77. The first-order valence-electron chi connectivity index (χ1n) is 10.2. The van der Waals surface area contributed by atoms with E-state index in [4.69, 9.17) is 16.3 Å². The van der Waals surface area contributed by atoms with Crippen molar-refractivity contribution in [2.75, 3.05) is 6.61 Å². The van der Waals surface area contributed by atoms with Gasteiger partial charge in [0.2, 0.25) is 0 Å². The van der Waals surface area contributed by atoms with Crippen LogP contribution in [0.25, 0.3) is 10.9 Å². The molecule has 31 heavy (non-hydrogen) atoms. The summed E-state index contributed by atoms with van der Waals surface area (Å²) in [6.45, 7) is 3.90. The minimum atomic E-state index is -0.0453. The fourth-order valence-corrected chi connectivity index (χ4v) is 3.71. The van der Waals surface area contributed by atoms with Crippen LogP contribution in [0, 0.1) is 6.92 Å². The number of aryl methyl sites for hydroxylation is 1. The van der Waals surface area contributed by atoms with E-state index < -0.39 is 0 Å². The van der Waals surface area contributed by atoms with Crippen molar-refractivity contribution in [1.82, 2.24) is 14.9 Å². The third-order valence-electron chi connectivity index (χ3n) is 5.05. The van der Waals surface area contributed by atoms with E-state index in [0.29, 0.717) is 36.8 Å². The summed E-state index contributed by atoms with van der Waals surface area (Å²) in [4.78, 5) is 17.6. The van der Waals surface area contributed by atoms with E-state index in [9.17, 15) is 4.79 Å². The van der Waals surface area contributed by atoms with E-state index in [1.807, 2.05) is 73.7 Å². The van der Waals surface area contributed by atoms with Crippen LogP contribution in [-0.2, 0) is 19.6 Å². The van der Waals surface area contributed by atoms with E-state index in [1.165, 1.54) is 0 Å². The molecule has 4 aromatic rings. The Morgan fingerprint density at radius 1 is 1.03 bits per heavy atom. The predicted octanol–water partition coefficient (Wildman–Crippen LogP) is 4.73. The highest BCUT2D eigenvalue weighted by Crippen LogP contribution is 2.19. The first kappa shape index (κ1) is 21.1. The minimum absolute atomic E-state index is 0.0453. The van der Waals surface area contributed by atoms with Gasteiger partial charge in [-0.3, -0.25) is 9.78 Å². The average Bonchev–Trinajstić information content (AvgIpc) is 2.77. The molecule has 2 aromatic carbocycles. The molecule has 0 aliphatic heterocycles. The summed E-state index contributed by atoms with van der Waals surface area (Å²) in [7, 11) is 0. The van der Waals surface area contributed by atoms with Crippen molar-refractivity contribution < 1.29 is 4.74 Å². The zero-order valence-electron chi connectivity index (χ0n) is 17.3. The number of nitrogens with one attached hydrogen (secondary N) is 1. The Hall–Kier alpha value is -3.15. The van der Waals surface area contributed by atoms with Gasteiger partial charge in [-0.1, -0.05) is 35.9 Å². The highest BCUT2D eigenvalue weighted by Gasteiger charge is 2.10. The number of ether oxygens (including phenoxy) is 1. The molecule has 0 saturated carbocycles. The van der Waals surface area contributed by atoms with Gasteiger partial charge in [0.25, 0.3) is 5.56 Å². The lowest BCUT2D eigenvalue weighted by Gasteiger charge is -2.14. The van der Waals surface area contributed by atoms with Crippen molar-refractivity contribution in [1.29, 1.82) is 0 Å². The highest BCUT2D eigenvalue weighted by atomic mass is 35.5. The second-order valence-electron chi connectivity index (χ2n) is 7.42. The number of nitrogens with zero attached hydrogens (tertiary/aromatic N) is 2. The first-order chi connectivity index (χ1) is 15.1. The van der Waals surface area contributed by atoms with E-state index in [2.05, 4.69) is 10.3 Å². The number of hydrogen-bond acceptors (Lipinski definition) is 4. The monoisotopic (exact) mass is 433 g/mol. The molecule has 0 amide bonds. The maximum atomic E-state index is 13.2. The van der Waals surface area contributed by atoms with Gasteiger partial charge >= 0.3 is 0 Å². The molecule has 1 N–H and O–H groups in total. The molecule has 0 aliphatic rings. The Labute approximate surface area is 186 Å². The number of pyridine rings is 2. The normalized spacial score (nSPS) is 11.0. The summed E-state index contributed by atoms with van der Waals surface area (Å²) >= 11 is 6.21. The van der Waals surface area contributed by atoms with Gasteiger partial charge in [0.15, 0.2) is 0 Å². The molecule has 0 radical (unpaired) electrons. The SMILES string of the molecule is Cc1ccnc(CNCc2cc3ccc(Cl)cc3n(CCOc3ccccc3)c2=O)c1. The van der Waals surface area contributed by atoms with Gasteiger partial charge in [0.05, 0.1) is 17.8 Å². The van der Waals surface area contributed by atoms with Crippen molar-refractivity contribution in [2.45, 2.75) is 26.6 Å². The Morgan fingerprint density at radius 2 is 1.87 bits per heavy atom. The molecule has 0 aliphatic carbocycles. The van der Waals surface area contributed by atoms with Gasteiger partial charge in [0, 0.05) is 29.9 Å². The third-order valence-corrected chi connectivity index (χ3v) is 5.29. The summed E-state index contributed by atoms with van der Waals surface area (Å²) in [5, 5.41) is 4.90. The fraction of sp³-hybridized carbons (Fsp3) is 0.200. The molecule has 0 atom stereocenters. The lowest BCUT2D eigenvalue weighted by atomic mass is 10.1. The van der Waals surface area contributed by atoms with Gasteiger partial charge in [-0.2, -0.15) is 0 Å². The van der Waals surface area contributed by atoms with Crippen LogP contribution in [0.15, 0.2) is 77.7 Å². The van der Waals surface area contributed by atoms with E-state index in [-0.39, 0.29) is 5.56 Å². The Bertz CT molecular complexity index is 1240. The van der Waals surface area contributed by atoms with E-state index >= 15 is 0 Å². The van der Waals surface area contributed by atoms with Crippen LogP contribution in [0.5, 0.6) is 5.75 Å². The van der Waals surface area contributed by atoms with Crippen molar-refractivity contribution >= 4 is 22.5 Å². The molecule has 4 rings (SSSR count). The smallest absolute Gasteiger partial charge is 0.255 e. The summed E-state index contributed by atoms with van der Waals surface area (Å²) in [6.07, 6.45) is 1.80. The van der Waals surface area contributed by atoms with Gasteiger partial charge < -0.3 is 14.6 Å². The topological polar surface area (TPSA) is 56.1 Å². The van der Waals surface area contributed by atoms with Crippen LogP contribution in [0.2, 0.25) is 5.02 Å². The number of benzene rings is 2. The molecule has 0 fully saturated rings. The van der Waals surface area contributed by atoms with E-state index in [1.54, 1.807) is 10.8 Å². The van der Waals surface area contributed by atoms with Gasteiger partial charge in [0.1, 0.15) is 12.4 Å². The van der Waals surface area contributed by atoms with Crippen molar-refractivity contribution in [3.63, 3.8) is 0 Å². The van der Waals surface area contributed by atoms with Crippen molar-refractivity contribution in [2.24, 2.45) is 0 Å². The molecule has 5 nitrogen and oxygen atoms in total. The zero-order chi connectivity index (χ0) is 21.6. The Balaban J connectivity index is 1.55. The third kappa shape index (κ3) is 5.32. The molecular weight excluding hydrogens is 410 g/mol. The maximum Gasteiger partial charge on any atom is 0.255 e. The second-order valence-corrected chi connectivity index (χ2v) is 7.86. The molecule has 0 spiro atoms. The van der Waals surface area contributed by atoms with Crippen molar-refractivity contribution in [3.05, 3.63) is 105 Å². The molecule has 0 bridgehead atoms. The predicted molar refractivity (Wildman–Crippen MR) is 125 cm³/mol. The summed E-state index contributed by atoms with van der Waals surface area (Å²) in [5.41, 5.74) is 3.57. The molecule has 0 saturated heterocycles. The summed E-state index contributed by atoms with van der Waals surface area (Å²) < 4.78 is 7.56. The molecule has 2 aromatic heterocycles. The van der Waals surface area contributed by atoms with Crippen LogP contribution >= 0.6 is 11.6 Å². The summed E-state index contributed by atoms with van der Waals surface area (Å²) in [6, 6.07) is 21.1. The van der Waals surface area contributed by atoms with Crippen LogP contribution in [0.3, 0.4) is 0 Å². The van der Waals surface area contributed by atoms with Crippen LogP contribution in [0.1, 0.15) is 16.8 Å². The lowest BCUT2D eigenvalue weighted by Crippen LogP contribution is -2.29. The summed E-state index contributed by atoms with van der Waals surface area (Å²) in [5.74, 6) is 0.779. The molecule has 2 heterocycles. The highest BCUT2D eigenvalue weighted by molar-refractivity contribution is 6.31. The molecule has 0 unspecified atom stereocenters. The fourth-order valence-electron chi connectivity index (χ4n) is 3.55. The van der Waals surface area contributed by atoms with E-state index in [0.717, 1.165) is 27.9 Å². The number of hydrogen-bond donors (Lipinski definition) is 1. The number of fused-ring (bicyclic) bond motifs is 1. The van der Waals surface area contributed by atoms with Crippen molar-refractivity contribution in [3.8, 4) is 5.75 Å². The van der Waals surface area contributed by atoms with Crippen LogP contribution in [-0.4, -0.2) is 16.2 Å². The number of aromatic nitrogens is 2. The maximum absolute atomic E-state index is 13.2. The standard InChI is InChI=1S/C25H24ClN3O2/c1-18-9-10-28-22(13-18)17-27-16-20-14-19-7-8-21(26)15-24(19)29(25(20)30)11-12-31-23-5-3-2-4-6-23/h2-10,13-15,27H,11-12,16-17H2,1H3. The number of halogens is 1. The first-order valence-corrected chi connectivity index (χ1v) is 10.6. The van der Waals surface area contributed by atoms with Gasteiger partial charge in [-0.15, -0.1) is 0 Å². The average molecular weight is 434 g/mol. The minimum Gasteiger partial charge on any atom is -0.492 e. The molecule has 158 valence electrons. The Kier molecular flexibility index (Phi) is 6.65. The Morgan fingerprint density at radius 3 is 2.68 bits per heavy atom. The molecule has 6 heteroatoms. The number of para-hydroxylation sites is 1. The van der Waals surface area contributed by atoms with Crippen LogP contribution < -0.4 is 15.6 Å². The molecular formula is C25H24ClN3O2. The lowest BCUT2D eigenvalue weighted by molar-refractivity contribution is 0.298. The number of rotatable bonds is 8. The quantitative estimate of drug-likeness (QED) is 0.436. The van der Waals surface area contributed by atoms with Crippen LogP contribution in [0.4, 0.5) is 0 Å². The largest absolute Gasteiger partial charge is 0.492 e.